The average Bonchev–Trinajstić information content (AvgIpc) is 2.12. The summed E-state index contributed by atoms with van der Waals surface area (Å²) in [6.45, 7) is 1.14. The SMILES string of the molecule is Cc1cc(C(F)(F)F)cc(C#N)c1S(=O)(=O)Cl. The number of aryl methyl sites for hydroxylation is 1. The molecule has 0 heterocycles. The van der Waals surface area contributed by atoms with E-state index >= 15 is 0 Å². The van der Waals surface area contributed by atoms with Gasteiger partial charge in [-0.25, -0.2) is 8.42 Å². The van der Waals surface area contributed by atoms with Gasteiger partial charge in [-0.1, -0.05) is 0 Å². The molecular weight excluding hydrogens is 279 g/mol. The Morgan fingerprint density at radius 3 is 2.24 bits per heavy atom. The molecule has 0 aromatic heterocycles. The van der Waals surface area contributed by atoms with Crippen LogP contribution in [0, 0.1) is 18.3 Å². The summed E-state index contributed by atoms with van der Waals surface area (Å²) in [5.74, 6) is 0. The van der Waals surface area contributed by atoms with Gasteiger partial charge in [0.1, 0.15) is 11.0 Å². The fourth-order valence-corrected chi connectivity index (χ4v) is 2.77. The summed E-state index contributed by atoms with van der Waals surface area (Å²) in [6.07, 6.45) is -4.65. The zero-order valence-electron chi connectivity index (χ0n) is 8.34. The first kappa shape index (κ1) is 13.8. The fraction of sp³-hybridized carbons (Fsp3) is 0.222. The molecule has 0 aliphatic heterocycles. The van der Waals surface area contributed by atoms with Gasteiger partial charge < -0.3 is 0 Å². The Morgan fingerprint density at radius 2 is 1.88 bits per heavy atom. The fourth-order valence-electron chi connectivity index (χ4n) is 1.34. The molecule has 0 aliphatic carbocycles. The van der Waals surface area contributed by atoms with Gasteiger partial charge in [0, 0.05) is 10.7 Å². The Morgan fingerprint density at radius 1 is 1.35 bits per heavy atom. The standard InChI is InChI=1S/C9H5ClF3NO2S/c1-5-2-7(9(11,12)13)3-6(4-14)8(5)17(10,15)16/h2-3H,1H3. The Balaban J connectivity index is 3.67. The summed E-state index contributed by atoms with van der Waals surface area (Å²) < 4.78 is 59.5. The molecule has 0 unspecified atom stereocenters. The Bertz CT molecular complexity index is 602. The van der Waals surface area contributed by atoms with Gasteiger partial charge in [-0.2, -0.15) is 18.4 Å². The third kappa shape index (κ3) is 2.90. The number of benzene rings is 1. The van der Waals surface area contributed by atoms with Crippen molar-refractivity contribution < 1.29 is 21.6 Å². The van der Waals surface area contributed by atoms with Gasteiger partial charge in [0.15, 0.2) is 0 Å². The lowest BCUT2D eigenvalue weighted by molar-refractivity contribution is -0.137. The van der Waals surface area contributed by atoms with Crippen molar-refractivity contribution in [1.29, 1.82) is 5.26 Å². The summed E-state index contributed by atoms with van der Waals surface area (Å²) in [4.78, 5) is -0.588. The molecule has 0 N–H and O–H groups in total. The number of nitriles is 1. The third-order valence-electron chi connectivity index (χ3n) is 1.97. The van der Waals surface area contributed by atoms with Crippen molar-refractivity contribution >= 4 is 19.7 Å². The van der Waals surface area contributed by atoms with Crippen LogP contribution in [0.3, 0.4) is 0 Å². The van der Waals surface area contributed by atoms with Crippen LogP contribution in [0.25, 0.3) is 0 Å². The second-order valence-corrected chi connectivity index (χ2v) is 5.72. The molecule has 0 saturated heterocycles. The highest BCUT2D eigenvalue weighted by Crippen LogP contribution is 2.34. The number of hydrogen-bond donors (Lipinski definition) is 0. The summed E-state index contributed by atoms with van der Waals surface area (Å²) in [5, 5.41) is 8.66. The topological polar surface area (TPSA) is 57.9 Å². The minimum Gasteiger partial charge on any atom is -0.207 e. The van der Waals surface area contributed by atoms with Crippen molar-refractivity contribution in [2.75, 3.05) is 0 Å². The number of alkyl halides is 3. The molecule has 92 valence electrons. The van der Waals surface area contributed by atoms with Crippen LogP contribution in [-0.4, -0.2) is 8.42 Å². The molecule has 1 aromatic carbocycles. The summed E-state index contributed by atoms with van der Waals surface area (Å²) in [5.41, 5.74) is -1.92. The van der Waals surface area contributed by atoms with E-state index in [-0.39, 0.29) is 5.56 Å². The van der Waals surface area contributed by atoms with Crippen LogP contribution in [0.5, 0.6) is 0 Å². The van der Waals surface area contributed by atoms with Crippen molar-refractivity contribution in [3.63, 3.8) is 0 Å². The molecule has 3 nitrogen and oxygen atoms in total. The van der Waals surface area contributed by atoms with Gasteiger partial charge in [0.05, 0.1) is 11.1 Å². The van der Waals surface area contributed by atoms with Gasteiger partial charge in [0.2, 0.25) is 0 Å². The Hall–Kier alpha value is -1.26. The second-order valence-electron chi connectivity index (χ2n) is 3.22. The van der Waals surface area contributed by atoms with E-state index in [0.29, 0.717) is 12.1 Å². The molecule has 17 heavy (non-hydrogen) atoms. The summed E-state index contributed by atoms with van der Waals surface area (Å²) in [7, 11) is 0.798. The van der Waals surface area contributed by atoms with E-state index in [0.717, 1.165) is 6.92 Å². The quantitative estimate of drug-likeness (QED) is 0.745. The van der Waals surface area contributed by atoms with E-state index in [9.17, 15) is 21.6 Å². The Kier molecular flexibility index (Phi) is 3.41. The van der Waals surface area contributed by atoms with Gasteiger partial charge >= 0.3 is 6.18 Å². The highest BCUT2D eigenvalue weighted by molar-refractivity contribution is 8.13. The number of nitrogens with zero attached hydrogens (tertiary/aromatic N) is 1. The van der Waals surface area contributed by atoms with E-state index in [2.05, 4.69) is 0 Å². The predicted octanol–water partition coefficient (Wildman–Crippen LogP) is 2.81. The van der Waals surface area contributed by atoms with Gasteiger partial charge in [-0.05, 0) is 24.6 Å². The molecule has 0 bridgehead atoms. The summed E-state index contributed by atoms with van der Waals surface area (Å²) in [6, 6.07) is 2.49. The minimum atomic E-state index is -4.65. The van der Waals surface area contributed by atoms with E-state index in [4.69, 9.17) is 15.9 Å². The van der Waals surface area contributed by atoms with Crippen LogP contribution in [0.15, 0.2) is 17.0 Å². The maximum absolute atomic E-state index is 12.4. The van der Waals surface area contributed by atoms with Crippen LogP contribution in [0.1, 0.15) is 16.7 Å². The molecular formula is C9H5ClF3NO2S. The largest absolute Gasteiger partial charge is 0.416 e. The van der Waals surface area contributed by atoms with Crippen LogP contribution < -0.4 is 0 Å². The molecule has 0 radical (unpaired) electrons. The van der Waals surface area contributed by atoms with Crippen LogP contribution >= 0.6 is 10.7 Å². The maximum Gasteiger partial charge on any atom is 0.416 e. The number of rotatable bonds is 1. The van der Waals surface area contributed by atoms with Gasteiger partial charge in [-0.15, -0.1) is 0 Å². The van der Waals surface area contributed by atoms with E-state index < -0.39 is 31.2 Å². The molecule has 8 heteroatoms. The van der Waals surface area contributed by atoms with Crippen molar-refractivity contribution in [1.82, 2.24) is 0 Å². The molecule has 0 fully saturated rings. The lowest BCUT2D eigenvalue weighted by Gasteiger charge is -2.11. The zero-order chi connectivity index (χ0) is 13.4. The molecule has 1 rings (SSSR count). The molecule has 0 aliphatic rings. The smallest absolute Gasteiger partial charge is 0.207 e. The van der Waals surface area contributed by atoms with Crippen molar-refractivity contribution in [2.45, 2.75) is 18.0 Å². The van der Waals surface area contributed by atoms with Crippen molar-refractivity contribution in [3.05, 3.63) is 28.8 Å². The van der Waals surface area contributed by atoms with Crippen LogP contribution in [0.4, 0.5) is 13.2 Å². The lowest BCUT2D eigenvalue weighted by atomic mass is 10.1. The van der Waals surface area contributed by atoms with Crippen LogP contribution in [-0.2, 0) is 15.2 Å². The zero-order valence-corrected chi connectivity index (χ0v) is 9.91. The van der Waals surface area contributed by atoms with Gasteiger partial charge in [0.25, 0.3) is 9.05 Å². The molecule has 0 atom stereocenters. The van der Waals surface area contributed by atoms with E-state index in [1.807, 2.05) is 0 Å². The van der Waals surface area contributed by atoms with E-state index in [1.165, 1.54) is 6.07 Å². The average molecular weight is 284 g/mol. The first-order valence-corrected chi connectivity index (χ1v) is 6.45. The highest BCUT2D eigenvalue weighted by Gasteiger charge is 2.33. The maximum atomic E-state index is 12.4. The molecule has 0 amide bonds. The normalized spacial score (nSPS) is 12.2. The molecule has 0 spiro atoms. The van der Waals surface area contributed by atoms with Gasteiger partial charge in [-0.3, -0.25) is 0 Å². The Labute approximate surface area is 99.8 Å². The van der Waals surface area contributed by atoms with Crippen molar-refractivity contribution in [3.8, 4) is 6.07 Å². The molecule has 0 saturated carbocycles. The number of hydrogen-bond acceptors (Lipinski definition) is 3. The first-order chi connectivity index (χ1) is 7.57. The lowest BCUT2D eigenvalue weighted by Crippen LogP contribution is -2.08. The monoisotopic (exact) mass is 283 g/mol. The minimum absolute atomic E-state index is 0.216. The van der Waals surface area contributed by atoms with Crippen molar-refractivity contribution in [2.24, 2.45) is 0 Å². The third-order valence-corrected chi connectivity index (χ3v) is 3.46. The highest BCUT2D eigenvalue weighted by atomic mass is 35.7. The van der Waals surface area contributed by atoms with Crippen LogP contribution in [0.2, 0.25) is 0 Å². The predicted molar refractivity (Wildman–Crippen MR) is 53.9 cm³/mol. The number of halogens is 4. The van der Waals surface area contributed by atoms with E-state index in [1.54, 1.807) is 0 Å². The second kappa shape index (κ2) is 4.20. The first-order valence-electron chi connectivity index (χ1n) is 4.14. The summed E-state index contributed by atoms with van der Waals surface area (Å²) >= 11 is 0. The molecule has 1 aromatic rings.